The predicted octanol–water partition coefficient (Wildman–Crippen LogP) is -1.11. The molecule has 0 atom stereocenters. The molecule has 1 aliphatic rings. The van der Waals surface area contributed by atoms with Crippen molar-refractivity contribution in [2.45, 2.75) is 6.92 Å². The Hall–Kier alpha value is -3.59. The van der Waals surface area contributed by atoms with E-state index in [1.54, 1.807) is 43.9 Å². The van der Waals surface area contributed by atoms with Gasteiger partial charge >= 0.3 is 23.9 Å². The number of amides is 1. The maximum atomic E-state index is 13.3. The van der Waals surface area contributed by atoms with Crippen LogP contribution in [0.25, 0.3) is 0 Å². The zero-order valence-electron chi connectivity index (χ0n) is 22.1. The Morgan fingerprint density at radius 2 is 0.923 bits per heavy atom. The zero-order chi connectivity index (χ0) is 28.9. The van der Waals surface area contributed by atoms with Gasteiger partial charge in [-0.2, -0.15) is 0 Å². The molecule has 0 aromatic heterocycles. The number of hydrogen-bond donors (Lipinski definition) is 4. The Bertz CT molecular complexity index is 972. The average Bonchev–Trinajstić information content (AvgIpc) is 2.83. The highest BCUT2D eigenvalue weighted by Crippen LogP contribution is 2.16. The molecule has 216 valence electrons. The first-order valence-electron chi connectivity index (χ1n) is 12.6. The fourth-order valence-corrected chi connectivity index (χ4v) is 4.24. The quantitative estimate of drug-likeness (QED) is 0.260. The van der Waals surface area contributed by atoms with Crippen molar-refractivity contribution in [3.05, 3.63) is 29.8 Å². The van der Waals surface area contributed by atoms with Crippen LogP contribution in [0.2, 0.25) is 0 Å². The fourth-order valence-electron chi connectivity index (χ4n) is 4.24. The molecule has 39 heavy (non-hydrogen) atoms. The largest absolute Gasteiger partial charge is 0.480 e. The first kappa shape index (κ1) is 31.6. The number of carbonyl (C=O) groups excluding carboxylic acids is 1. The van der Waals surface area contributed by atoms with Crippen molar-refractivity contribution >= 4 is 35.5 Å². The number of aryl methyl sites for hydroxylation is 1. The first-order valence-corrected chi connectivity index (χ1v) is 12.6. The lowest BCUT2D eigenvalue weighted by Gasteiger charge is -2.33. The molecule has 14 nitrogen and oxygen atoms in total. The molecule has 1 aromatic carbocycles. The summed E-state index contributed by atoms with van der Waals surface area (Å²) in [6, 6.07) is 6.88. The van der Waals surface area contributed by atoms with Gasteiger partial charge in [0.05, 0.1) is 26.2 Å². The highest BCUT2D eigenvalue weighted by molar-refractivity contribution is 5.98. The third-order valence-electron chi connectivity index (χ3n) is 6.31. The molecule has 1 aliphatic heterocycles. The lowest BCUT2D eigenvalue weighted by atomic mass is 10.2. The molecule has 0 radical (unpaired) electrons. The second kappa shape index (κ2) is 15.7. The summed E-state index contributed by atoms with van der Waals surface area (Å²) in [7, 11) is 0. The maximum absolute atomic E-state index is 13.3. The van der Waals surface area contributed by atoms with Gasteiger partial charge in [0.15, 0.2) is 0 Å². The minimum absolute atomic E-state index is 0.159. The highest BCUT2D eigenvalue weighted by atomic mass is 16.4. The summed E-state index contributed by atoms with van der Waals surface area (Å²) in [5.41, 5.74) is 1.38. The van der Waals surface area contributed by atoms with Crippen molar-refractivity contribution in [1.82, 2.24) is 19.6 Å². The summed E-state index contributed by atoms with van der Waals surface area (Å²) in [5.74, 6) is -4.77. The number of nitrogens with zero attached hydrogens (tertiary/aromatic N) is 5. The molecule has 14 heteroatoms. The van der Waals surface area contributed by atoms with Crippen molar-refractivity contribution in [2.24, 2.45) is 0 Å². The molecule has 2 rings (SSSR count). The molecule has 0 aliphatic carbocycles. The van der Waals surface area contributed by atoms with Gasteiger partial charge in [-0.25, -0.2) is 0 Å². The van der Waals surface area contributed by atoms with Crippen LogP contribution in [0.5, 0.6) is 0 Å². The Morgan fingerprint density at radius 3 is 1.23 bits per heavy atom. The van der Waals surface area contributed by atoms with Crippen LogP contribution in [-0.2, 0) is 24.0 Å². The van der Waals surface area contributed by atoms with E-state index in [2.05, 4.69) is 0 Å². The SMILES string of the molecule is Cc1ccc(N(CC(=O)O)C(=O)CN2CCN(CC(=O)O)CCN(CC(=O)O)CCN(CC(=O)O)CC2)cc1. The number of anilines is 1. The van der Waals surface area contributed by atoms with E-state index in [1.807, 2.05) is 6.92 Å². The monoisotopic (exact) mass is 551 g/mol. The average molecular weight is 552 g/mol. The number of carbonyl (C=O) groups is 5. The number of rotatable bonds is 11. The number of carboxylic acid groups (broad SMARTS) is 4. The molecule has 1 saturated heterocycles. The van der Waals surface area contributed by atoms with Crippen LogP contribution in [0.15, 0.2) is 24.3 Å². The lowest BCUT2D eigenvalue weighted by molar-refractivity contribution is -0.140. The summed E-state index contributed by atoms with van der Waals surface area (Å²) < 4.78 is 0. The van der Waals surface area contributed by atoms with Gasteiger partial charge in [-0.15, -0.1) is 0 Å². The first-order chi connectivity index (χ1) is 18.4. The molecule has 1 aromatic rings. The summed E-state index contributed by atoms with van der Waals surface area (Å²) >= 11 is 0. The third-order valence-corrected chi connectivity index (χ3v) is 6.31. The van der Waals surface area contributed by atoms with Crippen LogP contribution in [0.3, 0.4) is 0 Å². The van der Waals surface area contributed by atoms with E-state index >= 15 is 0 Å². The smallest absolute Gasteiger partial charge is 0.323 e. The molecule has 0 unspecified atom stereocenters. The molecular formula is C25H37N5O9. The Balaban J connectivity index is 2.25. The second-order valence-corrected chi connectivity index (χ2v) is 9.49. The summed E-state index contributed by atoms with van der Waals surface area (Å²) in [6.07, 6.45) is 0. The van der Waals surface area contributed by atoms with Crippen molar-refractivity contribution in [3.8, 4) is 0 Å². The van der Waals surface area contributed by atoms with Crippen LogP contribution in [0.4, 0.5) is 5.69 Å². The van der Waals surface area contributed by atoms with Gasteiger partial charge in [0, 0.05) is 58.0 Å². The van der Waals surface area contributed by atoms with E-state index in [0.29, 0.717) is 5.69 Å². The van der Waals surface area contributed by atoms with Crippen LogP contribution >= 0.6 is 0 Å². The molecule has 0 bridgehead atoms. The highest BCUT2D eigenvalue weighted by Gasteiger charge is 2.24. The van der Waals surface area contributed by atoms with E-state index in [9.17, 15) is 44.4 Å². The molecule has 0 saturated carbocycles. The predicted molar refractivity (Wildman–Crippen MR) is 140 cm³/mol. The van der Waals surface area contributed by atoms with Gasteiger partial charge in [-0.05, 0) is 19.1 Å². The van der Waals surface area contributed by atoms with Crippen LogP contribution in [0, 0.1) is 6.92 Å². The van der Waals surface area contributed by atoms with Gasteiger partial charge in [0.2, 0.25) is 5.91 Å². The fraction of sp³-hybridized carbons (Fsp3) is 0.560. The summed E-state index contributed by atoms with van der Waals surface area (Å²) in [6.45, 7) is 2.43. The van der Waals surface area contributed by atoms with E-state index in [-0.39, 0.29) is 78.5 Å². The van der Waals surface area contributed by atoms with E-state index in [0.717, 1.165) is 5.56 Å². The third kappa shape index (κ3) is 12.2. The second-order valence-electron chi connectivity index (χ2n) is 9.49. The lowest BCUT2D eigenvalue weighted by Crippen LogP contribution is -2.50. The zero-order valence-corrected chi connectivity index (χ0v) is 22.1. The number of benzene rings is 1. The minimum Gasteiger partial charge on any atom is -0.480 e. The summed E-state index contributed by atoms with van der Waals surface area (Å²) in [5, 5.41) is 37.4. The normalized spacial score (nSPS) is 17.1. The van der Waals surface area contributed by atoms with E-state index in [1.165, 1.54) is 4.90 Å². The Labute approximate surface area is 226 Å². The van der Waals surface area contributed by atoms with Gasteiger partial charge in [0.1, 0.15) is 6.54 Å². The van der Waals surface area contributed by atoms with Gasteiger partial charge in [-0.3, -0.25) is 43.6 Å². The van der Waals surface area contributed by atoms with Gasteiger partial charge in [0.25, 0.3) is 0 Å². The number of aliphatic carboxylic acids is 4. The van der Waals surface area contributed by atoms with Crippen LogP contribution in [0.1, 0.15) is 5.56 Å². The number of hydrogen-bond acceptors (Lipinski definition) is 9. The topological polar surface area (TPSA) is 182 Å². The molecular weight excluding hydrogens is 514 g/mol. The minimum atomic E-state index is -1.18. The van der Waals surface area contributed by atoms with Gasteiger partial charge in [-0.1, -0.05) is 17.7 Å². The standard InChI is InChI=1S/C25H37N5O9/c1-19-2-4-20(5-3-19)30(18-25(38)39)21(31)14-26-6-8-27(15-22(32)33)10-12-29(17-24(36)37)13-11-28(9-7-26)16-23(34)35/h2-5H,6-18H2,1H3,(H,32,33)(H,34,35)(H,36,37)(H,38,39). The van der Waals surface area contributed by atoms with Crippen LogP contribution < -0.4 is 4.90 Å². The van der Waals surface area contributed by atoms with Crippen LogP contribution in [-0.4, -0.2) is 155 Å². The maximum Gasteiger partial charge on any atom is 0.323 e. The number of carboxylic acids is 4. The molecule has 1 fully saturated rings. The van der Waals surface area contributed by atoms with Crippen molar-refractivity contribution in [2.75, 3.05) is 90.0 Å². The summed E-state index contributed by atoms with van der Waals surface area (Å²) in [4.78, 5) is 66.9. The van der Waals surface area contributed by atoms with E-state index in [4.69, 9.17) is 0 Å². The Kier molecular flexibility index (Phi) is 12.8. The van der Waals surface area contributed by atoms with E-state index < -0.39 is 36.3 Å². The molecule has 0 spiro atoms. The van der Waals surface area contributed by atoms with Gasteiger partial charge < -0.3 is 25.3 Å². The van der Waals surface area contributed by atoms with Crippen molar-refractivity contribution in [3.63, 3.8) is 0 Å². The Morgan fingerprint density at radius 1 is 0.590 bits per heavy atom. The molecule has 4 N–H and O–H groups in total. The molecule has 1 amide bonds. The van der Waals surface area contributed by atoms with Crippen molar-refractivity contribution in [1.29, 1.82) is 0 Å². The molecule has 1 heterocycles. The van der Waals surface area contributed by atoms with Crippen molar-refractivity contribution < 1.29 is 44.4 Å².